The minimum atomic E-state index is -0.291. The third-order valence-corrected chi connectivity index (χ3v) is 3.46. The number of nitrogens with one attached hydrogen (secondary N) is 2. The lowest BCUT2D eigenvalue weighted by Crippen LogP contribution is -2.28. The van der Waals surface area contributed by atoms with E-state index < -0.39 is 0 Å². The van der Waals surface area contributed by atoms with E-state index in [0.29, 0.717) is 6.54 Å². The van der Waals surface area contributed by atoms with Gasteiger partial charge in [0.15, 0.2) is 18.1 Å². The van der Waals surface area contributed by atoms with Crippen LogP contribution in [0.4, 0.5) is 5.69 Å². The number of hydrogen-bond donors (Lipinski definition) is 3. The maximum absolute atomic E-state index is 11.8. The summed E-state index contributed by atoms with van der Waals surface area (Å²) in [5, 5.41) is 15.1. The zero-order chi connectivity index (χ0) is 18.2. The zero-order valence-electron chi connectivity index (χ0n) is 14.3. The number of phenols is 1. The van der Waals surface area contributed by atoms with Crippen molar-refractivity contribution in [3.05, 3.63) is 54.1 Å². The molecule has 0 fully saturated rings. The summed E-state index contributed by atoms with van der Waals surface area (Å²) in [7, 11) is 0. The second-order valence-electron chi connectivity index (χ2n) is 5.87. The average Bonchev–Trinajstić information content (AvgIpc) is 2.60. The van der Waals surface area contributed by atoms with Crippen molar-refractivity contribution >= 4 is 17.5 Å². The Bertz CT molecular complexity index is 726. The van der Waals surface area contributed by atoms with Crippen molar-refractivity contribution in [2.45, 2.75) is 20.4 Å². The van der Waals surface area contributed by atoms with E-state index in [1.807, 2.05) is 26.0 Å². The van der Waals surface area contributed by atoms with Gasteiger partial charge in [0.05, 0.1) is 0 Å². The lowest BCUT2D eigenvalue weighted by molar-refractivity contribution is -0.123. The Hall–Kier alpha value is -3.02. The third kappa shape index (κ3) is 5.84. The Morgan fingerprint density at radius 2 is 1.76 bits per heavy atom. The van der Waals surface area contributed by atoms with Gasteiger partial charge in [0, 0.05) is 18.2 Å². The molecule has 6 heteroatoms. The number of anilines is 1. The van der Waals surface area contributed by atoms with Gasteiger partial charge < -0.3 is 20.5 Å². The molecule has 0 saturated carbocycles. The maximum atomic E-state index is 11.8. The molecule has 2 aromatic carbocycles. The van der Waals surface area contributed by atoms with Crippen molar-refractivity contribution in [3.8, 4) is 11.5 Å². The number of para-hydroxylation sites is 2. The number of ether oxygens (including phenoxy) is 1. The van der Waals surface area contributed by atoms with Gasteiger partial charge in [-0.15, -0.1) is 0 Å². The summed E-state index contributed by atoms with van der Waals surface area (Å²) in [4.78, 5) is 23.4. The van der Waals surface area contributed by atoms with Gasteiger partial charge in [-0.05, 0) is 29.8 Å². The second-order valence-corrected chi connectivity index (χ2v) is 5.87. The molecule has 6 nitrogen and oxygen atoms in total. The van der Waals surface area contributed by atoms with Crippen LogP contribution in [0.5, 0.6) is 11.5 Å². The van der Waals surface area contributed by atoms with E-state index in [1.165, 1.54) is 6.07 Å². The molecule has 3 N–H and O–H groups in total. The molecule has 0 aromatic heterocycles. The fraction of sp³-hybridized carbons (Fsp3) is 0.263. The van der Waals surface area contributed by atoms with Crippen molar-refractivity contribution in [3.63, 3.8) is 0 Å². The van der Waals surface area contributed by atoms with Gasteiger partial charge in [0.1, 0.15) is 0 Å². The van der Waals surface area contributed by atoms with E-state index in [0.717, 1.165) is 11.3 Å². The van der Waals surface area contributed by atoms with E-state index in [2.05, 4.69) is 10.6 Å². The molecule has 0 heterocycles. The number of amides is 2. The van der Waals surface area contributed by atoms with Gasteiger partial charge in [-0.2, -0.15) is 0 Å². The van der Waals surface area contributed by atoms with E-state index in [-0.39, 0.29) is 35.8 Å². The number of phenolic OH excluding ortho intramolecular Hbond substituents is 1. The van der Waals surface area contributed by atoms with Crippen molar-refractivity contribution in [1.82, 2.24) is 5.32 Å². The van der Waals surface area contributed by atoms with Gasteiger partial charge in [-0.1, -0.05) is 38.1 Å². The fourth-order valence-corrected chi connectivity index (χ4v) is 1.97. The molecule has 0 aliphatic heterocycles. The minimum absolute atomic E-state index is 0.00525. The lowest BCUT2D eigenvalue weighted by Gasteiger charge is -2.10. The molecule has 132 valence electrons. The predicted octanol–water partition coefficient (Wildman–Crippen LogP) is 2.68. The Kier molecular flexibility index (Phi) is 6.39. The Balaban J connectivity index is 1.78. The van der Waals surface area contributed by atoms with E-state index >= 15 is 0 Å². The van der Waals surface area contributed by atoms with Gasteiger partial charge in [0.25, 0.3) is 5.91 Å². The number of benzene rings is 2. The largest absolute Gasteiger partial charge is 0.504 e. The molecule has 0 radical (unpaired) electrons. The van der Waals surface area contributed by atoms with Crippen molar-refractivity contribution in [1.29, 1.82) is 0 Å². The number of aromatic hydroxyl groups is 1. The molecule has 2 rings (SSSR count). The van der Waals surface area contributed by atoms with E-state index in [4.69, 9.17) is 4.74 Å². The first-order valence-electron chi connectivity index (χ1n) is 8.03. The van der Waals surface area contributed by atoms with Gasteiger partial charge in [0.2, 0.25) is 5.91 Å². The number of hydrogen-bond acceptors (Lipinski definition) is 4. The molecular weight excluding hydrogens is 320 g/mol. The molecule has 25 heavy (non-hydrogen) atoms. The van der Waals surface area contributed by atoms with Gasteiger partial charge >= 0.3 is 0 Å². The highest BCUT2D eigenvalue weighted by molar-refractivity contribution is 5.92. The summed E-state index contributed by atoms with van der Waals surface area (Å²) < 4.78 is 5.26. The van der Waals surface area contributed by atoms with Crippen LogP contribution in [0.25, 0.3) is 0 Å². The lowest BCUT2D eigenvalue weighted by atomic mass is 10.1. The summed E-state index contributed by atoms with van der Waals surface area (Å²) >= 11 is 0. The molecule has 0 bridgehead atoms. The first-order valence-corrected chi connectivity index (χ1v) is 8.03. The summed E-state index contributed by atoms with van der Waals surface area (Å²) in [6.45, 7) is 3.83. The van der Waals surface area contributed by atoms with E-state index in [9.17, 15) is 14.7 Å². The highest BCUT2D eigenvalue weighted by Crippen LogP contribution is 2.23. The van der Waals surface area contributed by atoms with Crippen molar-refractivity contribution < 1.29 is 19.4 Å². The first-order chi connectivity index (χ1) is 12.0. The predicted molar refractivity (Wildman–Crippen MR) is 95.4 cm³/mol. The minimum Gasteiger partial charge on any atom is -0.504 e. The van der Waals surface area contributed by atoms with Crippen LogP contribution in [0.2, 0.25) is 0 Å². The summed E-state index contributed by atoms with van der Waals surface area (Å²) in [5.41, 5.74) is 1.62. The van der Waals surface area contributed by atoms with Crippen LogP contribution in [-0.4, -0.2) is 23.5 Å². The normalized spacial score (nSPS) is 10.4. The monoisotopic (exact) mass is 342 g/mol. The number of rotatable bonds is 7. The molecule has 0 atom stereocenters. The number of carbonyl (C=O) groups excluding carboxylic acids is 2. The van der Waals surface area contributed by atoms with Crippen LogP contribution in [0.3, 0.4) is 0 Å². The summed E-state index contributed by atoms with van der Waals surface area (Å²) in [5.74, 6) is -0.150. The molecule has 0 saturated heterocycles. The molecule has 0 unspecified atom stereocenters. The van der Waals surface area contributed by atoms with Gasteiger partial charge in [-0.25, -0.2) is 0 Å². The molecule has 2 aromatic rings. The summed E-state index contributed by atoms with van der Waals surface area (Å²) in [6.07, 6.45) is 0. The third-order valence-electron chi connectivity index (χ3n) is 3.46. The quantitative estimate of drug-likeness (QED) is 0.722. The Labute approximate surface area is 146 Å². The number of carbonyl (C=O) groups is 2. The second kappa shape index (κ2) is 8.73. The average molecular weight is 342 g/mol. The molecular formula is C19H22N2O4. The summed E-state index contributed by atoms with van der Waals surface area (Å²) in [6, 6.07) is 13.7. The standard InChI is InChI=1S/C19H22N2O4/c1-13(2)19(24)21-15-9-7-14(8-10-15)11-20-18(23)12-25-17-6-4-3-5-16(17)22/h3-10,13,22H,11-12H2,1-2H3,(H,20,23)(H,21,24). The van der Waals surface area contributed by atoms with Crippen LogP contribution in [-0.2, 0) is 16.1 Å². The van der Waals surface area contributed by atoms with Crippen molar-refractivity contribution in [2.24, 2.45) is 5.92 Å². The topological polar surface area (TPSA) is 87.7 Å². The fourth-order valence-electron chi connectivity index (χ4n) is 1.97. The zero-order valence-corrected chi connectivity index (χ0v) is 14.3. The molecule has 0 aliphatic carbocycles. The first kappa shape index (κ1) is 18.3. The molecule has 0 aliphatic rings. The van der Waals surface area contributed by atoms with Crippen molar-refractivity contribution in [2.75, 3.05) is 11.9 Å². The smallest absolute Gasteiger partial charge is 0.258 e. The maximum Gasteiger partial charge on any atom is 0.258 e. The molecule has 0 spiro atoms. The molecule has 2 amide bonds. The Morgan fingerprint density at radius 3 is 2.40 bits per heavy atom. The highest BCUT2D eigenvalue weighted by atomic mass is 16.5. The SMILES string of the molecule is CC(C)C(=O)Nc1ccc(CNC(=O)COc2ccccc2O)cc1. The van der Waals surface area contributed by atoms with Crippen LogP contribution in [0.1, 0.15) is 19.4 Å². The van der Waals surface area contributed by atoms with Crippen LogP contribution in [0, 0.1) is 5.92 Å². The van der Waals surface area contributed by atoms with Crippen LogP contribution in [0.15, 0.2) is 48.5 Å². The van der Waals surface area contributed by atoms with Gasteiger partial charge in [-0.3, -0.25) is 9.59 Å². The van der Waals surface area contributed by atoms with E-state index in [1.54, 1.807) is 30.3 Å². The Morgan fingerprint density at radius 1 is 1.08 bits per heavy atom. The van der Waals surface area contributed by atoms with Crippen LogP contribution >= 0.6 is 0 Å². The highest BCUT2D eigenvalue weighted by Gasteiger charge is 2.08. The van der Waals surface area contributed by atoms with Crippen LogP contribution < -0.4 is 15.4 Å².